The highest BCUT2D eigenvalue weighted by molar-refractivity contribution is 5.84. The molecule has 1 saturated heterocycles. The second kappa shape index (κ2) is 9.40. The molecule has 2 saturated carbocycles. The van der Waals surface area contributed by atoms with Gasteiger partial charge in [-0.2, -0.15) is 0 Å². The normalized spacial score (nSPS) is 28.5. The van der Waals surface area contributed by atoms with Gasteiger partial charge in [-0.25, -0.2) is 4.79 Å². The molecule has 0 bridgehead atoms. The van der Waals surface area contributed by atoms with Gasteiger partial charge in [-0.3, -0.25) is 9.69 Å². The molecule has 3 fully saturated rings. The molecule has 0 atom stereocenters. The molecule has 0 aromatic heterocycles. The number of carbonyl (C=O) groups excluding carboxylic acids is 2. The fourth-order valence-corrected chi connectivity index (χ4v) is 6.53. The van der Waals surface area contributed by atoms with E-state index in [2.05, 4.69) is 54.6 Å². The van der Waals surface area contributed by atoms with Gasteiger partial charge in [0.05, 0.1) is 23.1 Å². The molecule has 7 heteroatoms. The van der Waals surface area contributed by atoms with Crippen molar-refractivity contribution in [1.82, 2.24) is 20.0 Å². The Bertz CT molecular complexity index is 917. The van der Waals surface area contributed by atoms with Crippen molar-refractivity contribution < 1.29 is 14.7 Å². The quantitative estimate of drug-likeness (QED) is 0.592. The number of amides is 3. The zero-order valence-corrected chi connectivity index (χ0v) is 22.3. The molecule has 1 aromatic rings. The van der Waals surface area contributed by atoms with Crippen molar-refractivity contribution in [3.8, 4) is 0 Å². The summed E-state index contributed by atoms with van der Waals surface area (Å²) in [5.41, 5.74) is -0.510. The number of urea groups is 1. The minimum Gasteiger partial charge on any atom is -0.388 e. The minimum atomic E-state index is -0.775. The van der Waals surface area contributed by atoms with Crippen LogP contribution in [0.25, 0.3) is 0 Å². The monoisotopic (exact) mass is 484 g/mol. The maximum absolute atomic E-state index is 13.8. The third kappa shape index (κ3) is 4.69. The first-order chi connectivity index (χ1) is 16.5. The predicted octanol–water partition coefficient (Wildman–Crippen LogP) is 3.57. The van der Waals surface area contributed by atoms with Crippen LogP contribution in [-0.2, 0) is 10.3 Å². The Morgan fingerprint density at radius 2 is 1.71 bits per heavy atom. The van der Waals surface area contributed by atoms with Crippen molar-refractivity contribution in [3.63, 3.8) is 0 Å². The summed E-state index contributed by atoms with van der Waals surface area (Å²) in [6.45, 7) is 7.70. The van der Waals surface area contributed by atoms with Gasteiger partial charge in [0.25, 0.3) is 0 Å². The Balaban J connectivity index is 1.60. The van der Waals surface area contributed by atoms with Crippen LogP contribution in [0.1, 0.15) is 71.3 Å². The highest BCUT2D eigenvalue weighted by Gasteiger charge is 2.57. The summed E-state index contributed by atoms with van der Waals surface area (Å²) >= 11 is 0. The number of hydrogen-bond donors (Lipinski definition) is 2. The first-order valence-electron chi connectivity index (χ1n) is 13.3. The number of nitrogens with one attached hydrogen (secondary N) is 1. The Morgan fingerprint density at radius 1 is 1.09 bits per heavy atom. The highest BCUT2D eigenvalue weighted by atomic mass is 16.3. The average molecular weight is 485 g/mol. The van der Waals surface area contributed by atoms with Crippen LogP contribution in [0.15, 0.2) is 30.3 Å². The van der Waals surface area contributed by atoms with Gasteiger partial charge in [0.1, 0.15) is 0 Å². The van der Waals surface area contributed by atoms with Gasteiger partial charge in [0, 0.05) is 25.2 Å². The zero-order chi connectivity index (χ0) is 25.5. The van der Waals surface area contributed by atoms with E-state index >= 15 is 0 Å². The van der Waals surface area contributed by atoms with Crippen molar-refractivity contribution in [3.05, 3.63) is 35.9 Å². The Morgan fingerprint density at radius 3 is 2.23 bits per heavy atom. The van der Waals surface area contributed by atoms with Crippen LogP contribution in [0.2, 0.25) is 0 Å². The number of benzene rings is 1. The molecule has 2 aliphatic carbocycles. The molecular formula is C28H44N4O3. The van der Waals surface area contributed by atoms with Crippen LogP contribution in [0.4, 0.5) is 4.79 Å². The van der Waals surface area contributed by atoms with E-state index < -0.39 is 11.0 Å². The fraction of sp³-hybridized carbons (Fsp3) is 0.714. The predicted molar refractivity (Wildman–Crippen MR) is 138 cm³/mol. The SMILES string of the molecule is CCNC(=O)C(C)(C)CN1CC2(CCC(c3ccccc3)(N(C)C)CC2)N(CC2(O)CCC2)C1=O. The Kier molecular flexibility index (Phi) is 6.97. The Labute approximate surface area is 210 Å². The molecule has 3 aliphatic rings. The topological polar surface area (TPSA) is 76.1 Å². The van der Waals surface area contributed by atoms with Crippen molar-refractivity contribution in [1.29, 1.82) is 0 Å². The molecule has 7 nitrogen and oxygen atoms in total. The molecule has 3 amide bonds. The van der Waals surface area contributed by atoms with Gasteiger partial charge in [0.2, 0.25) is 5.91 Å². The number of β-amino-alcohol motifs (C(OH)–C–C–N with tert-alkyl or cyclic N) is 1. The van der Waals surface area contributed by atoms with Gasteiger partial charge in [-0.05, 0) is 85.4 Å². The van der Waals surface area contributed by atoms with Crippen LogP contribution in [0, 0.1) is 5.41 Å². The van der Waals surface area contributed by atoms with Crippen LogP contribution in [-0.4, -0.2) is 83.2 Å². The molecule has 4 rings (SSSR count). The van der Waals surface area contributed by atoms with Crippen LogP contribution >= 0.6 is 0 Å². The van der Waals surface area contributed by atoms with E-state index in [1.165, 1.54) is 5.56 Å². The van der Waals surface area contributed by atoms with Crippen molar-refractivity contribution in [2.24, 2.45) is 5.41 Å². The summed E-state index contributed by atoms with van der Waals surface area (Å²) in [7, 11) is 4.31. The number of carbonyl (C=O) groups is 2. The maximum Gasteiger partial charge on any atom is 0.320 e. The van der Waals surface area contributed by atoms with Gasteiger partial charge in [-0.1, -0.05) is 30.3 Å². The second-order valence-corrected chi connectivity index (χ2v) is 12.1. The second-order valence-electron chi connectivity index (χ2n) is 12.1. The molecule has 1 aromatic carbocycles. The molecule has 194 valence electrons. The first-order valence-corrected chi connectivity index (χ1v) is 13.3. The lowest BCUT2D eigenvalue weighted by molar-refractivity contribution is -0.129. The number of hydrogen-bond acceptors (Lipinski definition) is 4. The third-order valence-corrected chi connectivity index (χ3v) is 9.01. The van der Waals surface area contributed by atoms with Crippen molar-refractivity contribution in [2.75, 3.05) is 40.3 Å². The molecule has 1 spiro atoms. The molecule has 0 unspecified atom stereocenters. The highest BCUT2D eigenvalue weighted by Crippen LogP contribution is 2.50. The van der Waals surface area contributed by atoms with E-state index in [0.717, 1.165) is 44.9 Å². The lowest BCUT2D eigenvalue weighted by atomic mass is 9.67. The van der Waals surface area contributed by atoms with E-state index in [9.17, 15) is 14.7 Å². The molecule has 2 N–H and O–H groups in total. The average Bonchev–Trinajstić information content (AvgIpc) is 3.04. The van der Waals surface area contributed by atoms with Crippen LogP contribution < -0.4 is 5.32 Å². The van der Waals surface area contributed by atoms with E-state index in [4.69, 9.17) is 0 Å². The van der Waals surface area contributed by atoms with Crippen LogP contribution in [0.3, 0.4) is 0 Å². The van der Waals surface area contributed by atoms with Gasteiger partial charge >= 0.3 is 6.03 Å². The standard InChI is InChI=1S/C28H44N4O3/c1-6-29-23(33)25(2,3)19-31-20-26(32(24(31)34)21-27(35)13-10-14-27)15-17-28(18-16-26,30(4)5)22-11-8-7-9-12-22/h7-9,11-12,35H,6,10,13-21H2,1-5H3,(H,29,33). The summed E-state index contributed by atoms with van der Waals surface area (Å²) in [6.07, 6.45) is 6.16. The zero-order valence-electron chi connectivity index (χ0n) is 22.3. The van der Waals surface area contributed by atoms with Gasteiger partial charge in [0.15, 0.2) is 0 Å². The summed E-state index contributed by atoms with van der Waals surface area (Å²) in [4.78, 5) is 32.7. The van der Waals surface area contributed by atoms with E-state index in [1.54, 1.807) is 0 Å². The molecule has 35 heavy (non-hydrogen) atoms. The maximum atomic E-state index is 13.8. The van der Waals surface area contributed by atoms with Gasteiger partial charge < -0.3 is 20.2 Å². The largest absolute Gasteiger partial charge is 0.388 e. The molecule has 1 heterocycles. The van der Waals surface area contributed by atoms with Crippen molar-refractivity contribution >= 4 is 11.9 Å². The first kappa shape index (κ1) is 26.0. The van der Waals surface area contributed by atoms with Crippen molar-refractivity contribution in [2.45, 2.75) is 82.4 Å². The third-order valence-electron chi connectivity index (χ3n) is 9.01. The fourth-order valence-electron chi connectivity index (χ4n) is 6.53. The summed E-state index contributed by atoms with van der Waals surface area (Å²) in [6, 6.07) is 10.7. The number of rotatable bonds is 8. The smallest absolute Gasteiger partial charge is 0.320 e. The molecule has 0 radical (unpaired) electrons. The Hall–Kier alpha value is -2.12. The minimum absolute atomic E-state index is 0.0280. The lowest BCUT2D eigenvalue weighted by Gasteiger charge is -2.52. The summed E-state index contributed by atoms with van der Waals surface area (Å²) in [5.74, 6) is -0.0303. The van der Waals surface area contributed by atoms with Gasteiger partial charge in [-0.15, -0.1) is 0 Å². The number of nitrogens with zero attached hydrogens (tertiary/aromatic N) is 3. The van der Waals surface area contributed by atoms with E-state index in [1.807, 2.05) is 30.6 Å². The van der Waals surface area contributed by atoms with Crippen LogP contribution in [0.5, 0.6) is 0 Å². The number of aliphatic hydroxyl groups is 1. The van der Waals surface area contributed by atoms with E-state index in [0.29, 0.717) is 26.2 Å². The molecular weight excluding hydrogens is 440 g/mol. The summed E-state index contributed by atoms with van der Waals surface area (Å²) in [5, 5.41) is 14.0. The van der Waals surface area contributed by atoms with E-state index in [-0.39, 0.29) is 23.0 Å². The summed E-state index contributed by atoms with van der Waals surface area (Å²) < 4.78 is 0. The molecule has 1 aliphatic heterocycles. The lowest BCUT2D eigenvalue weighted by Crippen LogP contribution is -2.59.